The van der Waals surface area contributed by atoms with Gasteiger partial charge in [0.2, 0.25) is 0 Å². The Morgan fingerprint density at radius 2 is 2.39 bits per heavy atom. The maximum absolute atomic E-state index is 11.3. The van der Waals surface area contributed by atoms with E-state index in [1.54, 1.807) is 11.3 Å². The first kappa shape index (κ1) is 11.5. The molecule has 1 fully saturated rings. The number of carbonyl (C=O) groups is 1. The van der Waals surface area contributed by atoms with E-state index in [2.05, 4.69) is 9.97 Å². The summed E-state index contributed by atoms with van der Waals surface area (Å²) in [6.07, 6.45) is 6.90. The van der Waals surface area contributed by atoms with Crippen LogP contribution in [-0.2, 0) is 11.2 Å². The summed E-state index contributed by atoms with van der Waals surface area (Å²) in [6, 6.07) is 1.97. The monoisotopic (exact) mass is 262 g/mol. The van der Waals surface area contributed by atoms with Crippen molar-refractivity contribution in [3.63, 3.8) is 0 Å². The third-order valence-electron chi connectivity index (χ3n) is 3.70. The van der Waals surface area contributed by atoms with Gasteiger partial charge >= 0.3 is 5.97 Å². The molecule has 18 heavy (non-hydrogen) atoms. The van der Waals surface area contributed by atoms with Gasteiger partial charge in [-0.25, -0.2) is 4.98 Å². The van der Waals surface area contributed by atoms with Crippen molar-refractivity contribution in [3.8, 4) is 11.3 Å². The fourth-order valence-electron chi connectivity index (χ4n) is 2.37. The van der Waals surface area contributed by atoms with Crippen molar-refractivity contribution in [2.45, 2.75) is 25.7 Å². The average molecular weight is 262 g/mol. The van der Waals surface area contributed by atoms with E-state index in [-0.39, 0.29) is 0 Å². The fourth-order valence-corrected chi connectivity index (χ4v) is 3.31. The van der Waals surface area contributed by atoms with E-state index in [4.69, 9.17) is 0 Å². The maximum Gasteiger partial charge on any atom is 0.310 e. The van der Waals surface area contributed by atoms with Crippen LogP contribution in [0.25, 0.3) is 11.3 Å². The minimum Gasteiger partial charge on any atom is -0.481 e. The number of carboxylic acids is 1. The van der Waals surface area contributed by atoms with E-state index >= 15 is 0 Å². The lowest BCUT2D eigenvalue weighted by molar-refractivity contribution is -0.154. The molecule has 4 nitrogen and oxygen atoms in total. The number of nitrogens with one attached hydrogen (secondary N) is 1. The predicted molar refractivity (Wildman–Crippen MR) is 69.5 cm³/mol. The number of aliphatic carboxylic acids is 1. The van der Waals surface area contributed by atoms with Crippen LogP contribution in [0, 0.1) is 5.41 Å². The smallest absolute Gasteiger partial charge is 0.310 e. The van der Waals surface area contributed by atoms with Crippen molar-refractivity contribution in [3.05, 3.63) is 28.8 Å². The first-order valence-corrected chi connectivity index (χ1v) is 6.89. The number of rotatable bonds is 4. The third-order valence-corrected chi connectivity index (χ3v) is 4.55. The maximum atomic E-state index is 11.3. The molecule has 2 aromatic rings. The lowest BCUT2D eigenvalue weighted by atomic mass is 9.67. The molecule has 1 aliphatic rings. The zero-order chi connectivity index (χ0) is 12.6. The minimum atomic E-state index is -0.674. The van der Waals surface area contributed by atoms with Gasteiger partial charge in [-0.2, -0.15) is 0 Å². The van der Waals surface area contributed by atoms with Crippen LogP contribution >= 0.6 is 11.3 Å². The highest BCUT2D eigenvalue weighted by Crippen LogP contribution is 2.44. The van der Waals surface area contributed by atoms with Crippen LogP contribution in [0.15, 0.2) is 23.8 Å². The molecule has 3 rings (SSSR count). The summed E-state index contributed by atoms with van der Waals surface area (Å²) in [7, 11) is 0. The van der Waals surface area contributed by atoms with Gasteiger partial charge in [0, 0.05) is 29.8 Å². The minimum absolute atomic E-state index is 0.548. The second kappa shape index (κ2) is 4.24. The highest BCUT2D eigenvalue weighted by Gasteiger charge is 2.44. The zero-order valence-electron chi connectivity index (χ0n) is 9.85. The van der Waals surface area contributed by atoms with Gasteiger partial charge in [0.1, 0.15) is 0 Å². The van der Waals surface area contributed by atoms with Crippen molar-refractivity contribution < 1.29 is 9.90 Å². The van der Waals surface area contributed by atoms with E-state index in [9.17, 15) is 9.90 Å². The molecule has 0 saturated heterocycles. The van der Waals surface area contributed by atoms with Gasteiger partial charge in [0.15, 0.2) is 0 Å². The molecule has 5 heteroatoms. The quantitative estimate of drug-likeness (QED) is 0.890. The van der Waals surface area contributed by atoms with Crippen molar-refractivity contribution in [2.24, 2.45) is 5.41 Å². The highest BCUT2D eigenvalue weighted by atomic mass is 32.1. The number of hydrogen-bond donors (Lipinski definition) is 2. The second-order valence-electron chi connectivity index (χ2n) is 4.84. The molecule has 2 aromatic heterocycles. The molecule has 2 N–H and O–H groups in total. The van der Waals surface area contributed by atoms with Gasteiger partial charge in [0.05, 0.1) is 16.1 Å². The Labute approximate surface area is 109 Å². The average Bonchev–Trinajstić information content (AvgIpc) is 2.93. The van der Waals surface area contributed by atoms with Crippen LogP contribution in [0.1, 0.15) is 24.3 Å². The Bertz CT molecular complexity index is 555. The van der Waals surface area contributed by atoms with E-state index < -0.39 is 11.4 Å². The van der Waals surface area contributed by atoms with E-state index in [0.29, 0.717) is 6.42 Å². The van der Waals surface area contributed by atoms with Crippen LogP contribution in [0.3, 0.4) is 0 Å². The Kier molecular flexibility index (Phi) is 2.70. The van der Waals surface area contributed by atoms with Crippen molar-refractivity contribution in [1.29, 1.82) is 0 Å². The molecule has 0 atom stereocenters. The highest BCUT2D eigenvalue weighted by molar-refractivity contribution is 7.10. The van der Waals surface area contributed by atoms with Crippen molar-refractivity contribution >= 4 is 17.3 Å². The first-order chi connectivity index (χ1) is 8.70. The Hall–Kier alpha value is -1.62. The number of thiazole rings is 1. The molecule has 0 unspecified atom stereocenters. The summed E-state index contributed by atoms with van der Waals surface area (Å²) in [4.78, 5) is 18.8. The largest absolute Gasteiger partial charge is 0.481 e. The zero-order valence-corrected chi connectivity index (χ0v) is 10.7. The third kappa shape index (κ3) is 1.84. The molecule has 0 radical (unpaired) electrons. The first-order valence-electron chi connectivity index (χ1n) is 6.01. The predicted octanol–water partition coefficient (Wildman–Crippen LogP) is 2.94. The van der Waals surface area contributed by atoms with Crippen LogP contribution in [0.2, 0.25) is 0 Å². The molecule has 0 amide bonds. The molecule has 2 heterocycles. The summed E-state index contributed by atoms with van der Waals surface area (Å²) < 4.78 is 0. The van der Waals surface area contributed by atoms with Crippen molar-refractivity contribution in [1.82, 2.24) is 9.97 Å². The summed E-state index contributed by atoms with van der Waals surface area (Å²) in [6.45, 7) is 0. The van der Waals surface area contributed by atoms with Crippen LogP contribution in [0.5, 0.6) is 0 Å². The van der Waals surface area contributed by atoms with E-state index in [0.717, 1.165) is 35.5 Å². The lowest BCUT2D eigenvalue weighted by Crippen LogP contribution is -2.39. The second-order valence-corrected chi connectivity index (χ2v) is 5.78. The molecule has 0 aromatic carbocycles. The van der Waals surface area contributed by atoms with Gasteiger partial charge < -0.3 is 10.1 Å². The fraction of sp³-hybridized carbons (Fsp3) is 0.385. The molecule has 1 saturated carbocycles. The van der Waals surface area contributed by atoms with Crippen LogP contribution in [0.4, 0.5) is 0 Å². The van der Waals surface area contributed by atoms with Crippen LogP contribution in [-0.4, -0.2) is 21.0 Å². The van der Waals surface area contributed by atoms with Gasteiger partial charge in [-0.15, -0.1) is 11.3 Å². The summed E-state index contributed by atoms with van der Waals surface area (Å²) in [5.41, 5.74) is 1.43. The van der Waals surface area contributed by atoms with E-state index in [1.807, 2.05) is 23.8 Å². The molecular formula is C13H14N2O2S. The number of aromatic amines is 1. The molecule has 0 bridgehead atoms. The van der Waals surface area contributed by atoms with E-state index in [1.165, 1.54) is 0 Å². The summed E-state index contributed by atoms with van der Waals surface area (Å²) in [5, 5.41) is 12.2. The Morgan fingerprint density at radius 1 is 1.56 bits per heavy atom. The lowest BCUT2D eigenvalue weighted by Gasteiger charge is -2.36. The molecule has 1 aliphatic carbocycles. The molecule has 0 spiro atoms. The molecule has 0 aliphatic heterocycles. The molecule has 94 valence electrons. The summed E-state index contributed by atoms with van der Waals surface area (Å²) >= 11 is 1.55. The number of aromatic nitrogens is 2. The number of nitrogens with zero attached hydrogens (tertiary/aromatic N) is 1. The molecular weight excluding hydrogens is 248 g/mol. The van der Waals surface area contributed by atoms with Gasteiger partial charge in [-0.3, -0.25) is 4.79 Å². The number of H-pyrrole nitrogens is 1. The van der Waals surface area contributed by atoms with Crippen LogP contribution < -0.4 is 0 Å². The summed E-state index contributed by atoms with van der Waals surface area (Å²) in [5.74, 6) is -0.674. The Balaban J connectivity index is 1.80. The van der Waals surface area contributed by atoms with Gasteiger partial charge in [-0.1, -0.05) is 6.42 Å². The van der Waals surface area contributed by atoms with Gasteiger partial charge in [0.25, 0.3) is 0 Å². The Morgan fingerprint density at radius 3 is 2.94 bits per heavy atom. The normalized spacial score (nSPS) is 17.3. The SMILES string of the molecule is O=C(O)C1(Cc2nc(-c3cc[nH]c3)cs2)CCC1. The number of hydrogen-bond acceptors (Lipinski definition) is 3. The van der Waals surface area contributed by atoms with Gasteiger partial charge in [-0.05, 0) is 18.9 Å². The standard InChI is InChI=1S/C13H14N2O2S/c16-12(17)13(3-1-4-13)6-11-15-10(8-18-11)9-2-5-14-7-9/h2,5,7-8,14H,1,3-4,6H2,(H,16,17). The topological polar surface area (TPSA) is 66.0 Å². The van der Waals surface area contributed by atoms with Crippen molar-refractivity contribution in [2.75, 3.05) is 0 Å². The number of carboxylic acid groups (broad SMARTS) is 1.